The van der Waals surface area contributed by atoms with E-state index in [2.05, 4.69) is 5.32 Å². The number of ether oxygens (including phenoxy) is 1. The Labute approximate surface area is 153 Å². The third kappa shape index (κ3) is 5.31. The average molecular weight is 374 g/mol. The number of para-hydroxylation sites is 1. The maximum absolute atomic E-state index is 13.9. The van der Waals surface area contributed by atoms with Crippen molar-refractivity contribution in [1.29, 1.82) is 0 Å². The van der Waals surface area contributed by atoms with E-state index in [0.717, 1.165) is 12.8 Å². The van der Waals surface area contributed by atoms with Gasteiger partial charge in [0, 0.05) is 26.2 Å². The number of hydrogen-bond acceptors (Lipinski definition) is 4. The van der Waals surface area contributed by atoms with Crippen molar-refractivity contribution in [3.05, 3.63) is 29.6 Å². The molecule has 1 aliphatic heterocycles. The molecule has 1 fully saturated rings. The number of benzene rings is 1. The van der Waals surface area contributed by atoms with E-state index in [4.69, 9.17) is 10.5 Å². The predicted molar refractivity (Wildman–Crippen MR) is 95.5 cm³/mol. The highest BCUT2D eigenvalue weighted by Crippen LogP contribution is 2.26. The van der Waals surface area contributed by atoms with E-state index in [1.54, 1.807) is 17.9 Å². The van der Waals surface area contributed by atoms with Gasteiger partial charge in [0.05, 0.1) is 18.1 Å². The largest absolute Gasteiger partial charge is 0.490 e. The van der Waals surface area contributed by atoms with Crippen molar-refractivity contribution in [2.45, 2.75) is 19.8 Å². The lowest BCUT2D eigenvalue weighted by Crippen LogP contribution is -2.46. The molecule has 1 atom stereocenters. The molecule has 1 aromatic rings. The lowest BCUT2D eigenvalue weighted by atomic mass is 9.96. The highest BCUT2D eigenvalue weighted by molar-refractivity contribution is 5.97. The summed E-state index contributed by atoms with van der Waals surface area (Å²) < 4.78 is 19.2. The summed E-state index contributed by atoms with van der Waals surface area (Å²) >= 11 is 0. The first kappa shape index (κ1) is 21.2. The molecule has 140 valence electrons. The molecule has 0 saturated carbocycles. The van der Waals surface area contributed by atoms with Crippen LogP contribution in [0.5, 0.6) is 5.75 Å². The zero-order valence-corrected chi connectivity index (χ0v) is 15.1. The fraction of sp³-hybridized carbons (Fsp3) is 0.529. The first-order valence-electron chi connectivity index (χ1n) is 8.26. The van der Waals surface area contributed by atoms with Gasteiger partial charge >= 0.3 is 0 Å². The molecule has 1 aromatic carbocycles. The Morgan fingerprint density at radius 3 is 2.88 bits per heavy atom. The van der Waals surface area contributed by atoms with Crippen LogP contribution < -0.4 is 15.8 Å². The van der Waals surface area contributed by atoms with Crippen LogP contribution in [0, 0.1) is 11.7 Å². The minimum absolute atomic E-state index is 0. The van der Waals surface area contributed by atoms with Crippen molar-refractivity contribution in [2.24, 2.45) is 11.7 Å². The van der Waals surface area contributed by atoms with Crippen LogP contribution in [0.15, 0.2) is 18.2 Å². The maximum Gasteiger partial charge on any atom is 0.257 e. The van der Waals surface area contributed by atoms with Crippen molar-refractivity contribution in [2.75, 3.05) is 32.8 Å². The maximum atomic E-state index is 13.9. The Kier molecular flexibility index (Phi) is 8.65. The number of hydrogen-bond donors (Lipinski definition) is 2. The van der Waals surface area contributed by atoms with Crippen molar-refractivity contribution in [3.63, 3.8) is 0 Å². The average Bonchev–Trinajstić information content (AvgIpc) is 2.61. The molecule has 6 nitrogen and oxygen atoms in total. The van der Waals surface area contributed by atoms with Gasteiger partial charge in [-0.05, 0) is 31.9 Å². The summed E-state index contributed by atoms with van der Waals surface area (Å²) in [6.45, 7) is 3.66. The Hall–Kier alpha value is -1.86. The van der Waals surface area contributed by atoms with Gasteiger partial charge in [-0.2, -0.15) is 0 Å². The van der Waals surface area contributed by atoms with Gasteiger partial charge in [0.25, 0.3) is 5.91 Å². The Morgan fingerprint density at radius 2 is 2.20 bits per heavy atom. The van der Waals surface area contributed by atoms with Crippen LogP contribution in [0.25, 0.3) is 0 Å². The number of halogens is 2. The summed E-state index contributed by atoms with van der Waals surface area (Å²) in [7, 11) is 0. The molecule has 3 N–H and O–H groups in total. The number of nitrogens with one attached hydrogen (secondary N) is 1. The number of carbonyl (C=O) groups excluding carboxylic acids is 2. The Balaban J connectivity index is 0.00000312. The molecular formula is C17H25ClFN3O3. The first-order valence-corrected chi connectivity index (χ1v) is 8.26. The van der Waals surface area contributed by atoms with Gasteiger partial charge in [0.2, 0.25) is 5.91 Å². The van der Waals surface area contributed by atoms with Gasteiger partial charge in [0.1, 0.15) is 0 Å². The van der Waals surface area contributed by atoms with Crippen molar-refractivity contribution in [3.8, 4) is 5.75 Å². The Bertz CT molecular complexity index is 601. The molecule has 0 bridgehead atoms. The van der Waals surface area contributed by atoms with Crippen molar-refractivity contribution < 1.29 is 18.7 Å². The summed E-state index contributed by atoms with van der Waals surface area (Å²) in [6, 6.07) is 4.30. The minimum atomic E-state index is -0.558. The quantitative estimate of drug-likeness (QED) is 0.792. The van der Waals surface area contributed by atoms with Gasteiger partial charge in [-0.25, -0.2) is 4.39 Å². The molecule has 1 aliphatic rings. The summed E-state index contributed by atoms with van der Waals surface area (Å²) in [4.78, 5) is 26.4. The highest BCUT2D eigenvalue weighted by Gasteiger charge is 2.30. The third-order valence-electron chi connectivity index (χ3n) is 4.01. The predicted octanol–water partition coefficient (Wildman–Crippen LogP) is 1.57. The van der Waals surface area contributed by atoms with Crippen LogP contribution in [0.1, 0.15) is 30.1 Å². The van der Waals surface area contributed by atoms with E-state index in [9.17, 15) is 14.0 Å². The molecule has 25 heavy (non-hydrogen) atoms. The third-order valence-corrected chi connectivity index (χ3v) is 4.01. The molecule has 8 heteroatoms. The monoisotopic (exact) mass is 373 g/mol. The lowest BCUT2D eigenvalue weighted by Gasteiger charge is -2.32. The van der Waals surface area contributed by atoms with Gasteiger partial charge in [-0.1, -0.05) is 6.07 Å². The van der Waals surface area contributed by atoms with E-state index < -0.39 is 5.82 Å². The van der Waals surface area contributed by atoms with E-state index >= 15 is 0 Å². The van der Waals surface area contributed by atoms with E-state index in [1.807, 2.05) is 0 Å². The van der Waals surface area contributed by atoms with Gasteiger partial charge in [0.15, 0.2) is 11.6 Å². The van der Waals surface area contributed by atoms with Crippen LogP contribution in [-0.4, -0.2) is 49.5 Å². The highest BCUT2D eigenvalue weighted by atomic mass is 35.5. The van der Waals surface area contributed by atoms with E-state index in [1.165, 1.54) is 12.1 Å². The zero-order valence-electron chi connectivity index (χ0n) is 14.3. The summed E-state index contributed by atoms with van der Waals surface area (Å²) in [5.74, 6) is -1.26. The first-order chi connectivity index (χ1) is 11.6. The van der Waals surface area contributed by atoms with E-state index in [0.29, 0.717) is 26.2 Å². The molecular weight excluding hydrogens is 349 g/mol. The summed E-state index contributed by atoms with van der Waals surface area (Å²) in [6.07, 6.45) is 1.45. The fourth-order valence-electron chi connectivity index (χ4n) is 2.85. The number of nitrogens with zero attached hydrogens (tertiary/aromatic N) is 1. The molecule has 0 radical (unpaired) electrons. The van der Waals surface area contributed by atoms with Crippen LogP contribution in [-0.2, 0) is 4.79 Å². The standard InChI is InChI=1S/C17H24FN3O3.ClH/c1-2-24-15-13(6-3-7-14(15)18)17(23)21-10-4-5-12(11-21)16(22)20-9-8-19;/h3,6-7,12H,2,4-5,8-11,19H2,1H3,(H,20,22);1H. The molecule has 0 aliphatic carbocycles. The molecule has 1 unspecified atom stereocenters. The second-order valence-corrected chi connectivity index (χ2v) is 5.72. The van der Waals surface area contributed by atoms with E-state index in [-0.39, 0.29) is 48.1 Å². The van der Waals surface area contributed by atoms with Crippen molar-refractivity contribution >= 4 is 24.2 Å². The Morgan fingerprint density at radius 1 is 1.44 bits per heavy atom. The molecule has 0 spiro atoms. The molecule has 0 aromatic heterocycles. The summed E-state index contributed by atoms with van der Waals surface area (Å²) in [5, 5.41) is 2.76. The molecule has 1 heterocycles. The number of likely N-dealkylation sites (tertiary alicyclic amines) is 1. The number of amides is 2. The SMILES string of the molecule is CCOc1c(F)cccc1C(=O)N1CCCC(C(=O)NCCN)C1.Cl. The van der Waals surface area contributed by atoms with Crippen LogP contribution in [0.4, 0.5) is 4.39 Å². The molecule has 2 rings (SSSR count). The van der Waals surface area contributed by atoms with Crippen LogP contribution in [0.2, 0.25) is 0 Å². The number of carbonyl (C=O) groups is 2. The van der Waals surface area contributed by atoms with Crippen LogP contribution >= 0.6 is 12.4 Å². The topological polar surface area (TPSA) is 84.7 Å². The zero-order chi connectivity index (χ0) is 17.5. The smallest absolute Gasteiger partial charge is 0.257 e. The fourth-order valence-corrected chi connectivity index (χ4v) is 2.85. The van der Waals surface area contributed by atoms with Gasteiger partial charge in [-0.3, -0.25) is 9.59 Å². The number of nitrogens with two attached hydrogens (primary N) is 1. The van der Waals surface area contributed by atoms with Gasteiger partial charge < -0.3 is 20.7 Å². The lowest BCUT2D eigenvalue weighted by molar-refractivity contribution is -0.126. The van der Waals surface area contributed by atoms with Crippen molar-refractivity contribution in [1.82, 2.24) is 10.2 Å². The second-order valence-electron chi connectivity index (χ2n) is 5.72. The number of piperidine rings is 1. The molecule has 2 amide bonds. The second kappa shape index (κ2) is 10.2. The van der Waals surface area contributed by atoms with Gasteiger partial charge in [-0.15, -0.1) is 12.4 Å². The summed E-state index contributed by atoms with van der Waals surface area (Å²) in [5.41, 5.74) is 5.58. The van der Waals surface area contributed by atoms with Crippen LogP contribution in [0.3, 0.4) is 0 Å². The number of rotatable bonds is 6. The minimum Gasteiger partial charge on any atom is -0.490 e. The normalized spacial score (nSPS) is 16.8. The molecule has 1 saturated heterocycles.